The molecule has 4 nitrogen and oxygen atoms in total. The molecule has 1 aliphatic heterocycles. The zero-order valence-electron chi connectivity index (χ0n) is 12.8. The van der Waals surface area contributed by atoms with Crippen LogP contribution in [0.25, 0.3) is 0 Å². The van der Waals surface area contributed by atoms with Gasteiger partial charge >= 0.3 is 0 Å². The number of rotatable bonds is 6. The van der Waals surface area contributed by atoms with E-state index >= 15 is 0 Å². The highest BCUT2D eigenvalue weighted by Gasteiger charge is 2.13. The summed E-state index contributed by atoms with van der Waals surface area (Å²) in [5, 5.41) is 3.38. The Bertz CT molecular complexity index is 417. The smallest absolute Gasteiger partial charge is 0.120 e. The highest BCUT2D eigenvalue weighted by molar-refractivity contribution is 5.56. The van der Waals surface area contributed by atoms with Crippen molar-refractivity contribution in [3.63, 3.8) is 0 Å². The Labute approximate surface area is 122 Å². The first-order valence-electron chi connectivity index (χ1n) is 7.42. The van der Waals surface area contributed by atoms with Crippen LogP contribution in [0, 0.1) is 6.92 Å². The quantitative estimate of drug-likeness (QED) is 0.865. The van der Waals surface area contributed by atoms with Gasteiger partial charge in [-0.05, 0) is 37.6 Å². The molecule has 2 rings (SSSR count). The number of nitrogens with one attached hydrogen (secondary N) is 1. The predicted molar refractivity (Wildman–Crippen MR) is 82.8 cm³/mol. The molecule has 1 unspecified atom stereocenters. The lowest BCUT2D eigenvalue weighted by molar-refractivity contribution is 0.135. The second kappa shape index (κ2) is 7.50. The van der Waals surface area contributed by atoms with Crippen molar-refractivity contribution in [2.45, 2.75) is 26.4 Å². The minimum Gasteiger partial charge on any atom is -0.491 e. The maximum Gasteiger partial charge on any atom is 0.120 e. The van der Waals surface area contributed by atoms with Crippen LogP contribution in [-0.4, -0.2) is 46.0 Å². The van der Waals surface area contributed by atoms with E-state index in [1.54, 1.807) is 7.11 Å². The SMILES string of the molecule is COCCC(C)Oc1ccc(N2CCNCC2)c(C)c1. The molecule has 0 bridgehead atoms. The fraction of sp³-hybridized carbons (Fsp3) is 0.625. The Morgan fingerprint density at radius 3 is 2.70 bits per heavy atom. The van der Waals surface area contributed by atoms with Crippen LogP contribution in [0.3, 0.4) is 0 Å². The van der Waals surface area contributed by atoms with Gasteiger partial charge in [0.2, 0.25) is 0 Å². The van der Waals surface area contributed by atoms with Crippen LogP contribution in [0.2, 0.25) is 0 Å². The number of ether oxygens (including phenoxy) is 2. The average molecular weight is 278 g/mol. The largest absolute Gasteiger partial charge is 0.491 e. The molecular formula is C16H26N2O2. The Morgan fingerprint density at radius 1 is 1.30 bits per heavy atom. The van der Waals surface area contributed by atoms with Gasteiger partial charge in [-0.15, -0.1) is 0 Å². The lowest BCUT2D eigenvalue weighted by atomic mass is 10.1. The molecular weight excluding hydrogens is 252 g/mol. The minimum absolute atomic E-state index is 0.180. The van der Waals surface area contributed by atoms with Crippen LogP contribution >= 0.6 is 0 Å². The fourth-order valence-electron chi connectivity index (χ4n) is 2.54. The van der Waals surface area contributed by atoms with Gasteiger partial charge in [0.1, 0.15) is 5.75 Å². The molecule has 1 N–H and O–H groups in total. The van der Waals surface area contributed by atoms with Crippen molar-refractivity contribution in [3.05, 3.63) is 23.8 Å². The van der Waals surface area contributed by atoms with Gasteiger partial charge in [-0.1, -0.05) is 0 Å². The number of hydrogen-bond donors (Lipinski definition) is 1. The monoisotopic (exact) mass is 278 g/mol. The molecule has 0 aliphatic carbocycles. The molecule has 1 fully saturated rings. The van der Waals surface area contributed by atoms with Gasteiger partial charge in [-0.3, -0.25) is 0 Å². The molecule has 1 aliphatic rings. The molecule has 0 saturated carbocycles. The van der Waals surface area contributed by atoms with Crippen molar-refractivity contribution in [2.24, 2.45) is 0 Å². The highest BCUT2D eigenvalue weighted by atomic mass is 16.5. The van der Waals surface area contributed by atoms with E-state index in [0.29, 0.717) is 0 Å². The fourth-order valence-corrected chi connectivity index (χ4v) is 2.54. The summed E-state index contributed by atoms with van der Waals surface area (Å²) >= 11 is 0. The first kappa shape index (κ1) is 15.1. The van der Waals surface area contributed by atoms with Crippen LogP contribution in [0.15, 0.2) is 18.2 Å². The molecule has 0 radical (unpaired) electrons. The van der Waals surface area contributed by atoms with Gasteiger partial charge in [0.05, 0.1) is 6.10 Å². The first-order valence-corrected chi connectivity index (χ1v) is 7.42. The number of anilines is 1. The van der Waals surface area contributed by atoms with Crippen LogP contribution in [-0.2, 0) is 4.74 Å². The minimum atomic E-state index is 0.180. The number of hydrogen-bond acceptors (Lipinski definition) is 4. The van der Waals surface area contributed by atoms with E-state index in [-0.39, 0.29) is 6.10 Å². The summed E-state index contributed by atoms with van der Waals surface area (Å²) < 4.78 is 11.0. The second-order valence-corrected chi connectivity index (χ2v) is 5.40. The van der Waals surface area contributed by atoms with Crippen molar-refractivity contribution in [1.82, 2.24) is 5.32 Å². The zero-order valence-corrected chi connectivity index (χ0v) is 12.8. The number of piperazine rings is 1. The maximum atomic E-state index is 5.93. The van der Waals surface area contributed by atoms with Crippen molar-refractivity contribution in [1.29, 1.82) is 0 Å². The zero-order chi connectivity index (χ0) is 14.4. The molecule has 20 heavy (non-hydrogen) atoms. The third kappa shape index (κ3) is 4.12. The Hall–Kier alpha value is -1.26. The Morgan fingerprint density at radius 2 is 2.05 bits per heavy atom. The second-order valence-electron chi connectivity index (χ2n) is 5.40. The molecule has 0 spiro atoms. The Balaban J connectivity index is 1.98. The molecule has 1 heterocycles. The van der Waals surface area contributed by atoms with Gasteiger partial charge in [0, 0.05) is 52.0 Å². The summed E-state index contributed by atoms with van der Waals surface area (Å²) in [7, 11) is 1.72. The van der Waals surface area contributed by atoms with Crippen LogP contribution in [0.5, 0.6) is 5.75 Å². The van der Waals surface area contributed by atoms with E-state index < -0.39 is 0 Å². The normalized spacial score (nSPS) is 17.1. The lowest BCUT2D eigenvalue weighted by Crippen LogP contribution is -2.43. The summed E-state index contributed by atoms with van der Waals surface area (Å²) in [6, 6.07) is 6.40. The third-order valence-electron chi connectivity index (χ3n) is 3.69. The van der Waals surface area contributed by atoms with Gasteiger partial charge in [0.15, 0.2) is 0 Å². The van der Waals surface area contributed by atoms with Gasteiger partial charge in [-0.2, -0.15) is 0 Å². The molecule has 0 aromatic heterocycles. The molecule has 1 atom stereocenters. The van der Waals surface area contributed by atoms with Gasteiger partial charge < -0.3 is 19.7 Å². The lowest BCUT2D eigenvalue weighted by Gasteiger charge is -2.31. The van der Waals surface area contributed by atoms with E-state index in [9.17, 15) is 0 Å². The van der Waals surface area contributed by atoms with Gasteiger partial charge in [0.25, 0.3) is 0 Å². The topological polar surface area (TPSA) is 33.7 Å². The molecule has 112 valence electrons. The maximum absolute atomic E-state index is 5.93. The highest BCUT2D eigenvalue weighted by Crippen LogP contribution is 2.26. The van der Waals surface area contributed by atoms with Crippen molar-refractivity contribution < 1.29 is 9.47 Å². The van der Waals surface area contributed by atoms with E-state index in [4.69, 9.17) is 9.47 Å². The van der Waals surface area contributed by atoms with Crippen molar-refractivity contribution >= 4 is 5.69 Å². The van der Waals surface area contributed by atoms with Crippen molar-refractivity contribution in [2.75, 3.05) is 44.8 Å². The molecule has 4 heteroatoms. The standard InChI is InChI=1S/C16H26N2O2/c1-13-12-15(20-14(2)6-11-19-3)4-5-16(13)18-9-7-17-8-10-18/h4-5,12,14,17H,6-11H2,1-3H3. The van der Waals surface area contributed by atoms with E-state index in [1.165, 1.54) is 11.3 Å². The van der Waals surface area contributed by atoms with Crippen molar-refractivity contribution in [3.8, 4) is 5.75 Å². The summed E-state index contributed by atoms with van der Waals surface area (Å²) in [6.07, 6.45) is 1.09. The average Bonchev–Trinajstić information content (AvgIpc) is 2.46. The summed E-state index contributed by atoms with van der Waals surface area (Å²) in [6.45, 7) is 9.25. The summed E-state index contributed by atoms with van der Waals surface area (Å²) in [5.74, 6) is 0.949. The molecule has 1 aromatic carbocycles. The first-order chi connectivity index (χ1) is 9.70. The third-order valence-corrected chi connectivity index (χ3v) is 3.69. The van der Waals surface area contributed by atoms with Crippen LogP contribution in [0.4, 0.5) is 5.69 Å². The number of benzene rings is 1. The summed E-state index contributed by atoms with van der Waals surface area (Å²) in [4.78, 5) is 2.43. The molecule has 1 aromatic rings. The van der Waals surface area contributed by atoms with E-state index in [1.807, 2.05) is 0 Å². The van der Waals surface area contributed by atoms with Gasteiger partial charge in [-0.25, -0.2) is 0 Å². The van der Waals surface area contributed by atoms with E-state index in [2.05, 4.69) is 42.3 Å². The summed E-state index contributed by atoms with van der Waals surface area (Å²) in [5.41, 5.74) is 2.60. The number of aryl methyl sites for hydroxylation is 1. The molecule has 0 amide bonds. The number of methoxy groups -OCH3 is 1. The molecule has 1 saturated heterocycles. The number of nitrogens with zero attached hydrogens (tertiary/aromatic N) is 1. The van der Waals surface area contributed by atoms with E-state index in [0.717, 1.165) is 45.0 Å². The predicted octanol–water partition coefficient (Wildman–Crippen LogP) is 2.21. The van der Waals surface area contributed by atoms with Crippen LogP contribution in [0.1, 0.15) is 18.9 Å². The Kier molecular flexibility index (Phi) is 5.68. The van der Waals surface area contributed by atoms with Crippen LogP contribution < -0.4 is 15.0 Å².